The molecule has 0 spiro atoms. The van der Waals surface area contributed by atoms with E-state index < -0.39 is 0 Å². The molecule has 2 amide bonds. The summed E-state index contributed by atoms with van der Waals surface area (Å²) in [5, 5.41) is 6.84. The number of urea groups is 1. The Morgan fingerprint density at radius 3 is 2.83 bits per heavy atom. The van der Waals surface area contributed by atoms with Gasteiger partial charge in [-0.05, 0) is 42.7 Å². The highest BCUT2D eigenvalue weighted by molar-refractivity contribution is 6.00. The summed E-state index contributed by atoms with van der Waals surface area (Å²) < 4.78 is 18.7. The highest BCUT2D eigenvalue weighted by Crippen LogP contribution is 2.32. The third kappa shape index (κ3) is 3.04. The average molecular weight is 395 g/mol. The van der Waals surface area contributed by atoms with Crippen LogP contribution in [-0.4, -0.2) is 47.0 Å². The van der Waals surface area contributed by atoms with Gasteiger partial charge in [-0.15, -0.1) is 0 Å². The predicted octanol–water partition coefficient (Wildman–Crippen LogP) is 2.63. The third-order valence-corrected chi connectivity index (χ3v) is 5.42. The summed E-state index contributed by atoms with van der Waals surface area (Å²) in [5.41, 5.74) is 1.89. The molecule has 5 rings (SSSR count). The SMILES string of the molecule is CCCN1C(=O)N2CC(Cc3ccc(F)cc3)NC2=C2NC(c3ccco3)=NC21. The fourth-order valence-corrected chi connectivity index (χ4v) is 4.12. The van der Waals surface area contributed by atoms with Crippen LogP contribution < -0.4 is 10.6 Å². The first-order chi connectivity index (χ1) is 14.1. The van der Waals surface area contributed by atoms with Crippen molar-refractivity contribution in [3.63, 3.8) is 0 Å². The van der Waals surface area contributed by atoms with Gasteiger partial charge in [0.1, 0.15) is 17.3 Å². The van der Waals surface area contributed by atoms with Gasteiger partial charge in [0, 0.05) is 19.1 Å². The Hall–Kier alpha value is -3.29. The van der Waals surface area contributed by atoms with E-state index in [1.54, 1.807) is 28.2 Å². The molecule has 3 aliphatic rings. The number of nitrogens with zero attached hydrogens (tertiary/aromatic N) is 3. The van der Waals surface area contributed by atoms with Crippen molar-refractivity contribution in [3.8, 4) is 0 Å². The lowest BCUT2D eigenvalue weighted by molar-refractivity contribution is 0.146. The molecule has 2 unspecified atom stereocenters. The van der Waals surface area contributed by atoms with Crippen LogP contribution in [0.4, 0.5) is 9.18 Å². The first-order valence-corrected chi connectivity index (χ1v) is 9.86. The maximum Gasteiger partial charge on any atom is 0.327 e. The van der Waals surface area contributed by atoms with Crippen LogP contribution in [0.3, 0.4) is 0 Å². The number of amides is 2. The lowest BCUT2D eigenvalue weighted by atomic mass is 10.1. The minimum Gasteiger partial charge on any atom is -0.461 e. The Balaban J connectivity index is 1.44. The largest absolute Gasteiger partial charge is 0.461 e. The summed E-state index contributed by atoms with van der Waals surface area (Å²) in [4.78, 5) is 21.5. The molecule has 150 valence electrons. The molecule has 8 heteroatoms. The lowest BCUT2D eigenvalue weighted by Gasteiger charge is -2.36. The number of hydrogen-bond donors (Lipinski definition) is 2. The minimum absolute atomic E-state index is 0.0450. The van der Waals surface area contributed by atoms with Gasteiger partial charge in [-0.25, -0.2) is 14.2 Å². The van der Waals surface area contributed by atoms with Gasteiger partial charge in [-0.1, -0.05) is 19.1 Å². The maximum atomic E-state index is 13.2. The summed E-state index contributed by atoms with van der Waals surface area (Å²) in [5.74, 6) is 1.79. The van der Waals surface area contributed by atoms with Gasteiger partial charge in [-0.3, -0.25) is 9.80 Å². The molecule has 0 radical (unpaired) electrons. The molecule has 4 heterocycles. The van der Waals surface area contributed by atoms with Crippen LogP contribution in [0.2, 0.25) is 0 Å². The van der Waals surface area contributed by atoms with E-state index in [1.165, 1.54) is 12.1 Å². The summed E-state index contributed by atoms with van der Waals surface area (Å²) in [6.07, 6.45) is 2.76. The minimum atomic E-state index is -0.383. The second kappa shape index (κ2) is 6.95. The predicted molar refractivity (Wildman–Crippen MR) is 105 cm³/mol. The molecular formula is C21H22FN5O2. The second-order valence-corrected chi connectivity index (χ2v) is 7.47. The first kappa shape index (κ1) is 17.8. The summed E-state index contributed by atoms with van der Waals surface area (Å²) in [7, 11) is 0. The first-order valence-electron chi connectivity index (χ1n) is 9.86. The number of rotatable bonds is 5. The number of carbonyl (C=O) groups excluding carboxylic acids is 1. The van der Waals surface area contributed by atoms with Crippen molar-refractivity contribution in [1.82, 2.24) is 20.4 Å². The zero-order chi connectivity index (χ0) is 20.0. The molecule has 0 saturated carbocycles. The summed E-state index contributed by atoms with van der Waals surface area (Å²) in [6, 6.07) is 10.2. The van der Waals surface area contributed by atoms with Crippen molar-refractivity contribution in [3.05, 3.63) is 71.3 Å². The van der Waals surface area contributed by atoms with Crippen molar-refractivity contribution in [2.45, 2.75) is 32.0 Å². The van der Waals surface area contributed by atoms with Crippen LogP contribution in [-0.2, 0) is 6.42 Å². The Labute approximate surface area is 167 Å². The zero-order valence-corrected chi connectivity index (χ0v) is 16.1. The molecule has 1 saturated heterocycles. The topological polar surface area (TPSA) is 73.1 Å². The lowest BCUT2D eigenvalue weighted by Crippen LogP contribution is -2.53. The van der Waals surface area contributed by atoms with Crippen molar-refractivity contribution in [2.75, 3.05) is 13.1 Å². The number of benzene rings is 1. The monoisotopic (exact) mass is 395 g/mol. The van der Waals surface area contributed by atoms with Crippen LogP contribution in [0.25, 0.3) is 0 Å². The second-order valence-electron chi connectivity index (χ2n) is 7.47. The molecule has 1 aromatic heterocycles. The Kier molecular flexibility index (Phi) is 4.26. The molecule has 2 atom stereocenters. The number of halogens is 1. The summed E-state index contributed by atoms with van der Waals surface area (Å²) >= 11 is 0. The highest BCUT2D eigenvalue weighted by Gasteiger charge is 2.46. The molecule has 3 aliphatic heterocycles. The smallest absolute Gasteiger partial charge is 0.327 e. The molecule has 0 bridgehead atoms. The molecule has 7 nitrogen and oxygen atoms in total. The van der Waals surface area contributed by atoms with Crippen molar-refractivity contribution >= 4 is 11.9 Å². The van der Waals surface area contributed by atoms with E-state index >= 15 is 0 Å². The van der Waals surface area contributed by atoms with Crippen LogP contribution >= 0.6 is 0 Å². The molecule has 1 aromatic carbocycles. The molecular weight excluding hydrogens is 373 g/mol. The van der Waals surface area contributed by atoms with Crippen molar-refractivity contribution in [2.24, 2.45) is 4.99 Å². The van der Waals surface area contributed by atoms with E-state index in [9.17, 15) is 9.18 Å². The molecule has 2 aromatic rings. The quantitative estimate of drug-likeness (QED) is 0.816. The Bertz CT molecular complexity index is 983. The van der Waals surface area contributed by atoms with Crippen molar-refractivity contribution in [1.29, 1.82) is 0 Å². The maximum absolute atomic E-state index is 13.2. The Morgan fingerprint density at radius 2 is 2.10 bits per heavy atom. The summed E-state index contributed by atoms with van der Waals surface area (Å²) in [6.45, 7) is 3.22. The van der Waals surface area contributed by atoms with E-state index in [4.69, 9.17) is 9.41 Å². The van der Waals surface area contributed by atoms with Gasteiger partial charge >= 0.3 is 6.03 Å². The van der Waals surface area contributed by atoms with Gasteiger partial charge in [0.2, 0.25) is 0 Å². The zero-order valence-electron chi connectivity index (χ0n) is 16.1. The number of aliphatic imine (C=N–C) groups is 1. The van der Waals surface area contributed by atoms with E-state index in [0.717, 1.165) is 23.5 Å². The van der Waals surface area contributed by atoms with Gasteiger partial charge in [0.25, 0.3) is 0 Å². The van der Waals surface area contributed by atoms with E-state index in [2.05, 4.69) is 10.6 Å². The molecule has 2 N–H and O–H groups in total. The van der Waals surface area contributed by atoms with E-state index in [-0.39, 0.29) is 24.1 Å². The van der Waals surface area contributed by atoms with Crippen LogP contribution in [0.1, 0.15) is 24.7 Å². The number of nitrogens with one attached hydrogen (secondary N) is 2. The van der Waals surface area contributed by atoms with Crippen LogP contribution in [0, 0.1) is 5.82 Å². The number of fused-ring (bicyclic) bond motifs is 2. The molecule has 0 aliphatic carbocycles. The van der Waals surface area contributed by atoms with Crippen LogP contribution in [0.15, 0.2) is 63.6 Å². The van der Waals surface area contributed by atoms with Gasteiger partial charge in [-0.2, -0.15) is 0 Å². The van der Waals surface area contributed by atoms with Gasteiger partial charge in [0.15, 0.2) is 17.8 Å². The van der Waals surface area contributed by atoms with Gasteiger partial charge < -0.3 is 15.1 Å². The Morgan fingerprint density at radius 1 is 1.28 bits per heavy atom. The van der Waals surface area contributed by atoms with E-state index in [0.29, 0.717) is 31.1 Å². The molecule has 1 fully saturated rings. The standard InChI is InChI=1S/C21H22FN5O2/c1-2-9-26-20-17(24-18(25-20)16-4-3-10-29-16)19-23-15(12-27(19)21(26)28)11-13-5-7-14(22)8-6-13/h3-8,10,15,20,23H,2,9,11-12H2,1H3,(H,24,25). The van der Waals surface area contributed by atoms with Gasteiger partial charge in [0.05, 0.1) is 6.26 Å². The third-order valence-electron chi connectivity index (χ3n) is 5.42. The molecule has 29 heavy (non-hydrogen) atoms. The van der Waals surface area contributed by atoms with Crippen LogP contribution in [0.5, 0.6) is 0 Å². The van der Waals surface area contributed by atoms with Crippen molar-refractivity contribution < 1.29 is 13.6 Å². The fourth-order valence-electron chi connectivity index (χ4n) is 4.12. The normalized spacial score (nSPS) is 23.0. The fraction of sp³-hybridized carbons (Fsp3) is 0.333. The number of hydrogen-bond acceptors (Lipinski definition) is 5. The van der Waals surface area contributed by atoms with E-state index in [1.807, 2.05) is 19.1 Å². The highest BCUT2D eigenvalue weighted by atomic mass is 19.1. The number of furan rings is 1. The number of carbonyl (C=O) groups is 1. The number of amidine groups is 1. The average Bonchev–Trinajstić information content (AvgIpc) is 3.45.